The summed E-state index contributed by atoms with van der Waals surface area (Å²) < 4.78 is 66.0. The molecule has 0 aliphatic rings. The summed E-state index contributed by atoms with van der Waals surface area (Å²) in [5.74, 6) is -0.594. The van der Waals surface area contributed by atoms with Crippen LogP contribution in [0.4, 0.5) is 5.69 Å². The lowest BCUT2D eigenvalue weighted by atomic mass is 10.1. The summed E-state index contributed by atoms with van der Waals surface area (Å²) in [6.45, 7) is 25.8. The maximum atomic E-state index is 12.6. The van der Waals surface area contributed by atoms with Crippen molar-refractivity contribution in [3.63, 3.8) is 0 Å². The van der Waals surface area contributed by atoms with Gasteiger partial charge >= 0.3 is 17.9 Å². The van der Waals surface area contributed by atoms with Crippen molar-refractivity contribution in [1.29, 1.82) is 0 Å². The van der Waals surface area contributed by atoms with E-state index in [4.69, 9.17) is 56.8 Å². The van der Waals surface area contributed by atoms with Gasteiger partial charge in [-0.25, -0.2) is 14.4 Å². The molecule has 33 nitrogen and oxygen atoms in total. The van der Waals surface area contributed by atoms with Crippen LogP contribution >= 0.6 is 0 Å². The largest absolute Gasteiger partial charge is 0.490 e. The zero-order valence-electron chi connectivity index (χ0n) is 61.1. The Bertz CT molecular complexity index is 3050. The number of ketones is 1. The third-order valence-corrected chi connectivity index (χ3v) is 13.1. The highest BCUT2D eigenvalue weighted by Gasteiger charge is 2.22. The Morgan fingerprint density at radius 2 is 0.854 bits per heavy atom. The number of amides is 1. The third kappa shape index (κ3) is 47.1. The second-order valence-electron chi connectivity index (χ2n) is 24.1. The fourth-order valence-electron chi connectivity index (χ4n) is 8.13. The Morgan fingerprint density at radius 1 is 0.456 bits per heavy atom. The summed E-state index contributed by atoms with van der Waals surface area (Å²) in [7, 11) is 0. The Morgan fingerprint density at radius 3 is 1.25 bits per heavy atom. The van der Waals surface area contributed by atoms with Gasteiger partial charge in [-0.3, -0.25) is 9.59 Å². The number of hydrogen-bond acceptors (Lipinski definition) is 29. The van der Waals surface area contributed by atoms with Crippen molar-refractivity contribution in [2.75, 3.05) is 111 Å². The highest BCUT2D eigenvalue weighted by atomic mass is 17.0. The lowest BCUT2D eigenvalue weighted by molar-refractivity contribution is -0.763. The molecule has 0 fully saturated rings. The molecule has 0 radical (unpaired) electrons. The molecule has 0 aliphatic heterocycles. The van der Waals surface area contributed by atoms with Gasteiger partial charge in [0.1, 0.15) is 88.4 Å². The van der Waals surface area contributed by atoms with E-state index in [1.807, 2.05) is 125 Å². The molecular weight excluding hydrogens is 1350 g/mol. The first kappa shape index (κ1) is 90.2. The van der Waals surface area contributed by atoms with E-state index in [1.165, 1.54) is 6.92 Å². The first-order valence-corrected chi connectivity index (χ1v) is 33.9. The molecule has 0 spiro atoms. The second kappa shape index (κ2) is 53.8. The fraction of sp³-hybridized carbons (Fsp3) is 0.586. The molecule has 3 unspecified atom stereocenters. The molecule has 1 amide bonds. The van der Waals surface area contributed by atoms with Crippen LogP contribution in [0, 0.1) is 30.3 Å². The van der Waals surface area contributed by atoms with Crippen LogP contribution < -0.4 is 35.5 Å². The molecule has 576 valence electrons. The first-order valence-electron chi connectivity index (χ1n) is 33.9. The van der Waals surface area contributed by atoms with E-state index in [9.17, 15) is 54.3 Å². The van der Waals surface area contributed by atoms with E-state index in [0.29, 0.717) is 99.6 Å². The summed E-state index contributed by atoms with van der Waals surface area (Å²) in [4.78, 5) is 104. The molecule has 4 rings (SSSR count). The fourth-order valence-corrected chi connectivity index (χ4v) is 8.13. The molecule has 4 aromatic carbocycles. The first-order chi connectivity index (χ1) is 49.1. The van der Waals surface area contributed by atoms with Gasteiger partial charge in [0, 0.05) is 49.9 Å². The zero-order valence-corrected chi connectivity index (χ0v) is 61.1. The molecule has 4 N–H and O–H groups in total. The summed E-state index contributed by atoms with van der Waals surface area (Å²) in [6.07, 6.45) is -0.315. The van der Waals surface area contributed by atoms with Crippen LogP contribution in [-0.4, -0.2) is 199 Å². The Hall–Kier alpha value is -8.93. The lowest BCUT2D eigenvalue weighted by Crippen LogP contribution is -2.39. The average Bonchev–Trinajstić information content (AvgIpc) is 0.848. The van der Waals surface area contributed by atoms with Crippen LogP contribution in [0.25, 0.3) is 0 Å². The molecule has 3 atom stereocenters. The van der Waals surface area contributed by atoms with Gasteiger partial charge in [0.15, 0.2) is 5.78 Å². The topological polar surface area (TPSA) is 401 Å². The van der Waals surface area contributed by atoms with E-state index >= 15 is 0 Å². The number of carbonyl (C=O) groups is 5. The van der Waals surface area contributed by atoms with Gasteiger partial charge in [-0.05, 0) is 112 Å². The van der Waals surface area contributed by atoms with Gasteiger partial charge in [0.05, 0.1) is 76.2 Å². The smallest absolute Gasteiger partial charge is 0.338 e. The van der Waals surface area contributed by atoms with Gasteiger partial charge in [-0.15, -0.1) is 30.3 Å². The van der Waals surface area contributed by atoms with Crippen LogP contribution in [0.15, 0.2) is 91.0 Å². The number of rotatable bonds is 53. The molecule has 4 aromatic rings. The van der Waals surface area contributed by atoms with Gasteiger partial charge in [-0.1, -0.05) is 84.9 Å². The number of anilines is 1. The van der Waals surface area contributed by atoms with E-state index in [-0.39, 0.29) is 114 Å². The monoisotopic (exact) mass is 1460 g/mol. The quantitative estimate of drug-likeness (QED) is 0.00807. The molecule has 0 bridgehead atoms. The summed E-state index contributed by atoms with van der Waals surface area (Å²) >= 11 is 0. The van der Waals surface area contributed by atoms with Gasteiger partial charge in [0.25, 0.3) is 15.3 Å². The summed E-state index contributed by atoms with van der Waals surface area (Å²) in [5, 5.41) is 40.1. The van der Waals surface area contributed by atoms with Crippen molar-refractivity contribution >= 4 is 35.3 Å². The van der Waals surface area contributed by atoms with Gasteiger partial charge in [0.2, 0.25) is 5.91 Å². The van der Waals surface area contributed by atoms with Crippen LogP contribution in [0.1, 0.15) is 133 Å². The van der Waals surface area contributed by atoms with Crippen molar-refractivity contribution in [3.05, 3.63) is 149 Å². The van der Waals surface area contributed by atoms with E-state index in [0.717, 1.165) is 11.1 Å². The van der Waals surface area contributed by atoms with Crippen molar-refractivity contribution in [3.8, 4) is 17.2 Å². The summed E-state index contributed by atoms with van der Waals surface area (Å²) in [5.41, 5.74) is 3.70. The van der Waals surface area contributed by atoms with Crippen LogP contribution in [0.2, 0.25) is 0 Å². The zero-order chi connectivity index (χ0) is 76.3. The second-order valence-corrected chi connectivity index (χ2v) is 24.1. The Balaban J connectivity index is 0.000000526. The molecule has 0 heterocycles. The average molecular weight is 1460 g/mol. The highest BCUT2D eigenvalue weighted by Crippen LogP contribution is 2.25. The van der Waals surface area contributed by atoms with E-state index in [2.05, 4.69) is 35.8 Å². The molecule has 103 heavy (non-hydrogen) atoms. The third-order valence-electron chi connectivity index (χ3n) is 13.1. The Kier molecular flexibility index (Phi) is 47.1. The maximum absolute atomic E-state index is 12.6. The number of hydrogen-bond donors (Lipinski definition) is 4. The van der Waals surface area contributed by atoms with Crippen molar-refractivity contribution in [2.45, 2.75) is 164 Å². The maximum Gasteiger partial charge on any atom is 0.338 e. The minimum Gasteiger partial charge on any atom is -0.490 e. The normalized spacial score (nSPS) is 11.9. The number of ether oxygens (including phenoxy) is 12. The standard InChI is InChI=1S/C26H36N2O8.C22H33N3O9.C22H36N2O9/c1-19(2)27-15-25(36-26(29)23-9-5-22(6-10-23)17-35-28(30)31)18-34-24-11-7-21(8-12-24)16-32-13-14-33-20(3)4;1-5-6-21(27)24-17-7-8-20(19(11-17)16(4)26)32-13-18(12-23-15(2)3)34-22(28)14-31-9-10-33-25(29)30;1-17(2)23-13-21(33-22(25)16-29-10-12-32-24(26)27)15-31-20-7-5-19(6-8-20)14-28-9-11-30-18(3)4/h5-12,19-20,25,27H,13-18H2,1-4H3;7-8,11,15,18,23H,5-6,9-10,12-14H2,1-4H3,(H,24,27);5-8,17-18,21,23H,9-16H2,1-4H3. The van der Waals surface area contributed by atoms with Crippen LogP contribution in [-0.2, 0) is 91.3 Å². The minimum absolute atomic E-state index is 0.0439. The molecule has 33 heteroatoms. The van der Waals surface area contributed by atoms with Crippen LogP contribution in [0.5, 0.6) is 17.2 Å². The van der Waals surface area contributed by atoms with Crippen LogP contribution in [0.3, 0.4) is 0 Å². The molecule has 0 saturated heterocycles. The van der Waals surface area contributed by atoms with Crippen molar-refractivity contribution in [1.82, 2.24) is 16.0 Å². The van der Waals surface area contributed by atoms with Gasteiger partial charge in [-0.2, -0.15) is 0 Å². The summed E-state index contributed by atoms with van der Waals surface area (Å²) in [6, 6.07) is 26.6. The number of carbonyl (C=O) groups excluding carboxylic acids is 5. The SMILES string of the molecule is CC(C)NCC(COc1ccc(COCCOC(C)C)cc1)OC(=O)COCCO[N+](=O)[O-].CC(C)NCC(COc1ccc(COCCOC(C)C)cc1)OC(=O)c1ccc(CO[N+](=O)[O-])cc1.CCCC(=O)Nc1ccc(OCC(CNC(C)C)OC(=O)COCCO[N+](=O)[O-])c(C(C)=O)c1. The van der Waals surface area contributed by atoms with Crippen molar-refractivity contribution in [2.24, 2.45) is 0 Å². The molecule has 0 aliphatic carbocycles. The molecule has 0 saturated carbocycles. The predicted molar refractivity (Wildman–Crippen MR) is 375 cm³/mol. The van der Waals surface area contributed by atoms with E-state index < -0.39 is 58.1 Å². The predicted octanol–water partition coefficient (Wildman–Crippen LogP) is 8.22. The highest BCUT2D eigenvalue weighted by molar-refractivity contribution is 5.99. The Labute approximate surface area is 601 Å². The number of Topliss-reactive ketones (excluding diaryl/α,β-unsaturated/α-hetero) is 1. The lowest BCUT2D eigenvalue weighted by Gasteiger charge is -2.21. The van der Waals surface area contributed by atoms with Crippen molar-refractivity contribution < 1.29 is 111 Å². The molecule has 0 aromatic heterocycles. The number of nitrogens with one attached hydrogen (secondary N) is 4. The molecular formula is C70H105N7O26. The number of benzene rings is 4. The van der Waals surface area contributed by atoms with Gasteiger partial charge < -0.3 is 92.6 Å². The number of esters is 3. The minimum atomic E-state index is -0.951. The number of nitrogens with zero attached hydrogens (tertiary/aromatic N) is 3. The van der Waals surface area contributed by atoms with E-state index in [1.54, 1.807) is 42.5 Å².